The minimum atomic E-state index is -0.292. The molecule has 0 aliphatic heterocycles. The number of rotatable bonds is 4. The zero-order valence-corrected chi connectivity index (χ0v) is 12.4. The molecule has 0 saturated carbocycles. The summed E-state index contributed by atoms with van der Waals surface area (Å²) in [7, 11) is 3.98. The van der Waals surface area contributed by atoms with Crippen molar-refractivity contribution in [2.24, 2.45) is 5.73 Å². The fraction of sp³-hybridized carbons (Fsp3) is 0.250. The van der Waals surface area contributed by atoms with Gasteiger partial charge in [-0.05, 0) is 47.9 Å². The van der Waals surface area contributed by atoms with Crippen LogP contribution in [0.2, 0.25) is 5.02 Å². The molecule has 0 spiro atoms. The summed E-state index contributed by atoms with van der Waals surface area (Å²) in [5, 5.41) is 0.548. The molecule has 20 heavy (non-hydrogen) atoms. The van der Waals surface area contributed by atoms with E-state index in [1.807, 2.05) is 43.3 Å². The molecule has 2 nitrogen and oxygen atoms in total. The van der Waals surface area contributed by atoms with Crippen LogP contribution in [-0.4, -0.2) is 14.1 Å². The number of benzene rings is 2. The summed E-state index contributed by atoms with van der Waals surface area (Å²) in [4.78, 5) is 2.03. The van der Waals surface area contributed by atoms with Gasteiger partial charge in [-0.2, -0.15) is 0 Å². The molecule has 0 aliphatic rings. The summed E-state index contributed by atoms with van der Waals surface area (Å²) in [5.74, 6) is -0.292. The largest absolute Gasteiger partial charge is 0.378 e. The molecule has 0 amide bonds. The molecule has 2 aromatic rings. The van der Waals surface area contributed by atoms with Crippen LogP contribution >= 0.6 is 11.6 Å². The van der Waals surface area contributed by atoms with Gasteiger partial charge in [-0.1, -0.05) is 23.7 Å². The first-order valence-corrected chi connectivity index (χ1v) is 6.82. The van der Waals surface area contributed by atoms with Crippen LogP contribution in [0.5, 0.6) is 0 Å². The van der Waals surface area contributed by atoms with Gasteiger partial charge >= 0.3 is 0 Å². The lowest BCUT2D eigenvalue weighted by atomic mass is 9.99. The average molecular weight is 293 g/mol. The van der Waals surface area contributed by atoms with Crippen molar-refractivity contribution in [2.75, 3.05) is 19.0 Å². The fourth-order valence-corrected chi connectivity index (χ4v) is 2.27. The van der Waals surface area contributed by atoms with E-state index >= 15 is 0 Å². The van der Waals surface area contributed by atoms with Gasteiger partial charge in [0.15, 0.2) is 0 Å². The summed E-state index contributed by atoms with van der Waals surface area (Å²) in [6.07, 6.45) is 0.512. The number of hydrogen-bond donors (Lipinski definition) is 1. The Morgan fingerprint density at radius 2 is 1.80 bits per heavy atom. The van der Waals surface area contributed by atoms with E-state index in [-0.39, 0.29) is 11.9 Å². The third kappa shape index (κ3) is 3.50. The van der Waals surface area contributed by atoms with Gasteiger partial charge in [-0.25, -0.2) is 4.39 Å². The van der Waals surface area contributed by atoms with Gasteiger partial charge < -0.3 is 10.6 Å². The second-order valence-electron chi connectivity index (χ2n) is 5.03. The molecule has 2 N–H and O–H groups in total. The van der Waals surface area contributed by atoms with Crippen molar-refractivity contribution in [1.29, 1.82) is 0 Å². The monoisotopic (exact) mass is 292 g/mol. The van der Waals surface area contributed by atoms with E-state index in [1.165, 1.54) is 12.1 Å². The molecule has 0 bridgehead atoms. The van der Waals surface area contributed by atoms with Crippen molar-refractivity contribution in [3.8, 4) is 0 Å². The van der Waals surface area contributed by atoms with Gasteiger partial charge in [0.1, 0.15) is 5.82 Å². The van der Waals surface area contributed by atoms with E-state index < -0.39 is 0 Å². The Morgan fingerprint density at radius 3 is 2.40 bits per heavy atom. The van der Waals surface area contributed by atoms with Crippen molar-refractivity contribution in [3.05, 3.63) is 64.4 Å². The van der Waals surface area contributed by atoms with Gasteiger partial charge in [0.2, 0.25) is 0 Å². The number of hydrogen-bond acceptors (Lipinski definition) is 2. The molecule has 0 radical (unpaired) electrons. The van der Waals surface area contributed by atoms with E-state index in [2.05, 4.69) is 0 Å². The number of nitrogens with two attached hydrogens (primary N) is 1. The smallest absolute Gasteiger partial charge is 0.123 e. The summed E-state index contributed by atoms with van der Waals surface area (Å²) >= 11 is 6.07. The summed E-state index contributed by atoms with van der Waals surface area (Å²) < 4.78 is 13.2. The lowest BCUT2D eigenvalue weighted by Crippen LogP contribution is -2.14. The highest BCUT2D eigenvalue weighted by Gasteiger charge is 2.11. The first-order valence-electron chi connectivity index (χ1n) is 6.44. The van der Waals surface area contributed by atoms with E-state index in [1.54, 1.807) is 6.07 Å². The lowest BCUT2D eigenvalue weighted by Gasteiger charge is -2.16. The third-order valence-corrected chi connectivity index (χ3v) is 3.65. The normalized spacial score (nSPS) is 12.2. The molecule has 106 valence electrons. The Kier molecular flexibility index (Phi) is 4.63. The van der Waals surface area contributed by atoms with Gasteiger partial charge in [-0.15, -0.1) is 0 Å². The van der Waals surface area contributed by atoms with E-state index in [4.69, 9.17) is 17.3 Å². The minimum Gasteiger partial charge on any atom is -0.378 e. The molecule has 0 aromatic heterocycles. The maximum absolute atomic E-state index is 13.2. The summed E-state index contributed by atoms with van der Waals surface area (Å²) in [6, 6.07) is 12.2. The highest BCUT2D eigenvalue weighted by Crippen LogP contribution is 2.24. The van der Waals surface area contributed by atoms with Crippen LogP contribution in [0, 0.1) is 5.82 Å². The van der Waals surface area contributed by atoms with Crippen LogP contribution in [-0.2, 0) is 6.42 Å². The van der Waals surface area contributed by atoms with Crippen molar-refractivity contribution in [1.82, 2.24) is 0 Å². The van der Waals surface area contributed by atoms with Gasteiger partial charge in [0, 0.05) is 30.8 Å². The van der Waals surface area contributed by atoms with Crippen LogP contribution in [0.3, 0.4) is 0 Å². The third-order valence-electron chi connectivity index (χ3n) is 3.29. The topological polar surface area (TPSA) is 29.3 Å². The molecule has 4 heteroatoms. The van der Waals surface area contributed by atoms with E-state index in [0.29, 0.717) is 11.4 Å². The van der Waals surface area contributed by atoms with Crippen LogP contribution in [0.1, 0.15) is 17.2 Å². The molecule has 1 unspecified atom stereocenters. The van der Waals surface area contributed by atoms with E-state index in [0.717, 1.165) is 16.8 Å². The lowest BCUT2D eigenvalue weighted by molar-refractivity contribution is 0.622. The zero-order valence-electron chi connectivity index (χ0n) is 11.6. The average Bonchev–Trinajstić information content (AvgIpc) is 2.43. The quantitative estimate of drug-likeness (QED) is 0.929. The highest BCUT2D eigenvalue weighted by atomic mass is 35.5. The molecule has 0 aliphatic carbocycles. The Labute approximate surface area is 124 Å². The molecule has 0 fully saturated rings. The number of nitrogens with zero attached hydrogens (tertiary/aromatic N) is 1. The maximum Gasteiger partial charge on any atom is 0.123 e. The second-order valence-corrected chi connectivity index (χ2v) is 5.44. The van der Waals surface area contributed by atoms with Crippen LogP contribution in [0.15, 0.2) is 42.5 Å². The molecule has 2 rings (SSSR count). The maximum atomic E-state index is 13.2. The van der Waals surface area contributed by atoms with E-state index in [9.17, 15) is 4.39 Å². The SMILES string of the molecule is CN(C)c1ccc(C(N)Cc2cc(F)ccc2Cl)cc1. The predicted molar refractivity (Wildman–Crippen MR) is 82.8 cm³/mol. The van der Waals surface area contributed by atoms with Crippen molar-refractivity contribution in [3.63, 3.8) is 0 Å². The molecule has 0 heterocycles. The Balaban J connectivity index is 2.15. The van der Waals surface area contributed by atoms with Crippen LogP contribution in [0.4, 0.5) is 10.1 Å². The highest BCUT2D eigenvalue weighted by molar-refractivity contribution is 6.31. The van der Waals surface area contributed by atoms with Crippen LogP contribution < -0.4 is 10.6 Å². The van der Waals surface area contributed by atoms with Crippen molar-refractivity contribution >= 4 is 17.3 Å². The molecular formula is C16H18ClFN2. The first-order chi connectivity index (χ1) is 9.47. The molecular weight excluding hydrogens is 275 g/mol. The number of anilines is 1. The Morgan fingerprint density at radius 1 is 1.15 bits per heavy atom. The fourth-order valence-electron chi connectivity index (χ4n) is 2.07. The summed E-state index contributed by atoms with van der Waals surface area (Å²) in [6.45, 7) is 0. The summed E-state index contributed by atoms with van der Waals surface area (Å²) in [5.41, 5.74) is 9.04. The van der Waals surface area contributed by atoms with Crippen LogP contribution in [0.25, 0.3) is 0 Å². The van der Waals surface area contributed by atoms with Gasteiger partial charge in [-0.3, -0.25) is 0 Å². The predicted octanol–water partition coefficient (Wildman–Crippen LogP) is 3.79. The molecule has 1 atom stereocenters. The van der Waals surface area contributed by atoms with Gasteiger partial charge in [0.05, 0.1) is 0 Å². The molecule has 2 aromatic carbocycles. The Hall–Kier alpha value is -1.58. The molecule has 0 saturated heterocycles. The zero-order chi connectivity index (χ0) is 14.7. The standard InChI is InChI=1S/C16H18ClFN2/c1-20(2)14-6-3-11(4-7-14)16(19)10-12-9-13(18)5-8-15(12)17/h3-9,16H,10,19H2,1-2H3. The second kappa shape index (κ2) is 6.25. The number of halogens is 2. The first kappa shape index (κ1) is 14.8. The van der Waals surface area contributed by atoms with Gasteiger partial charge in [0.25, 0.3) is 0 Å². The minimum absolute atomic E-state index is 0.203. The van der Waals surface area contributed by atoms with Crippen molar-refractivity contribution < 1.29 is 4.39 Å². The van der Waals surface area contributed by atoms with Crippen molar-refractivity contribution in [2.45, 2.75) is 12.5 Å². The Bertz CT molecular complexity index is 582.